The van der Waals surface area contributed by atoms with E-state index in [1.54, 1.807) is 4.80 Å². The van der Waals surface area contributed by atoms with Gasteiger partial charge in [0.1, 0.15) is 11.4 Å². The van der Waals surface area contributed by atoms with E-state index in [0.29, 0.717) is 13.1 Å². The molecule has 0 saturated carbocycles. The lowest BCUT2D eigenvalue weighted by molar-refractivity contribution is 0.0770. The van der Waals surface area contributed by atoms with E-state index in [9.17, 15) is 0 Å². The van der Waals surface area contributed by atoms with Crippen LogP contribution in [-0.2, 0) is 17.8 Å². The van der Waals surface area contributed by atoms with Crippen molar-refractivity contribution >= 4 is 11.6 Å². The number of rotatable bonds is 10. The molecule has 1 heterocycles. The average Bonchev–Trinajstić information content (AvgIpc) is 3.09. The molecule has 3 rings (SSSR count). The van der Waals surface area contributed by atoms with Gasteiger partial charge >= 0.3 is 0 Å². The Balaban J connectivity index is 1.68. The fourth-order valence-electron chi connectivity index (χ4n) is 2.87. The van der Waals surface area contributed by atoms with Crippen molar-refractivity contribution < 1.29 is 4.74 Å². The minimum atomic E-state index is 0.275. The fourth-order valence-corrected chi connectivity index (χ4v) is 2.99. The summed E-state index contributed by atoms with van der Waals surface area (Å²) in [5.41, 5.74) is 4.06. The van der Waals surface area contributed by atoms with Crippen molar-refractivity contribution in [3.63, 3.8) is 0 Å². The summed E-state index contributed by atoms with van der Waals surface area (Å²) in [6, 6.07) is 18.0. The minimum absolute atomic E-state index is 0.275. The van der Waals surface area contributed by atoms with Crippen LogP contribution in [0.5, 0.6) is 0 Å². The minimum Gasteiger partial charge on any atom is -0.379 e. The third kappa shape index (κ3) is 6.16. The normalized spacial score (nSPS) is 11.3. The van der Waals surface area contributed by atoms with Crippen molar-refractivity contribution in [3.05, 3.63) is 70.9 Å². The third-order valence-corrected chi connectivity index (χ3v) is 4.50. The summed E-state index contributed by atoms with van der Waals surface area (Å²) < 4.78 is 5.58. The van der Waals surface area contributed by atoms with Crippen LogP contribution in [0.25, 0.3) is 11.3 Å². The number of ether oxygens (including phenoxy) is 1. The molecule has 0 radical (unpaired) electrons. The predicted molar refractivity (Wildman–Crippen MR) is 113 cm³/mol. The Morgan fingerprint density at radius 2 is 1.79 bits per heavy atom. The number of halogens is 1. The molecule has 5 nitrogen and oxygen atoms in total. The zero-order valence-corrected chi connectivity index (χ0v) is 17.2. The molecule has 0 fully saturated rings. The maximum Gasteiger partial charge on any atom is 0.117 e. The molecule has 1 aromatic heterocycles. The van der Waals surface area contributed by atoms with Crippen molar-refractivity contribution in [3.8, 4) is 11.3 Å². The van der Waals surface area contributed by atoms with Crippen LogP contribution in [0.1, 0.15) is 31.5 Å². The molecule has 6 heteroatoms. The van der Waals surface area contributed by atoms with Gasteiger partial charge in [0, 0.05) is 23.7 Å². The Kier molecular flexibility index (Phi) is 7.60. The summed E-state index contributed by atoms with van der Waals surface area (Å²) >= 11 is 5.98. The van der Waals surface area contributed by atoms with Gasteiger partial charge in [-0.3, -0.25) is 0 Å². The Morgan fingerprint density at radius 1 is 1.04 bits per heavy atom. The van der Waals surface area contributed by atoms with Crippen LogP contribution in [0.15, 0.2) is 54.6 Å². The number of aromatic nitrogens is 3. The molecule has 3 aromatic rings. The summed E-state index contributed by atoms with van der Waals surface area (Å²) in [5, 5.41) is 13.7. The first-order valence-corrected chi connectivity index (χ1v) is 10.1. The Morgan fingerprint density at radius 3 is 2.50 bits per heavy atom. The van der Waals surface area contributed by atoms with Crippen LogP contribution in [0.3, 0.4) is 0 Å². The van der Waals surface area contributed by atoms with Crippen molar-refractivity contribution in [1.29, 1.82) is 0 Å². The molecule has 0 aliphatic rings. The first-order chi connectivity index (χ1) is 13.6. The molecule has 1 N–H and O–H groups in total. The van der Waals surface area contributed by atoms with Gasteiger partial charge in [-0.2, -0.15) is 15.0 Å². The summed E-state index contributed by atoms with van der Waals surface area (Å²) in [7, 11) is 0. The molecular weight excluding hydrogens is 372 g/mol. The van der Waals surface area contributed by atoms with Crippen molar-refractivity contribution in [2.45, 2.75) is 39.5 Å². The first kappa shape index (κ1) is 20.5. The van der Waals surface area contributed by atoms with Crippen molar-refractivity contribution in [1.82, 2.24) is 20.3 Å². The molecule has 0 saturated heterocycles. The first-order valence-electron chi connectivity index (χ1n) is 9.68. The van der Waals surface area contributed by atoms with Gasteiger partial charge in [0.2, 0.25) is 0 Å². The molecule has 0 unspecified atom stereocenters. The van der Waals surface area contributed by atoms with Crippen molar-refractivity contribution in [2.75, 3.05) is 13.2 Å². The van der Waals surface area contributed by atoms with Crippen LogP contribution in [0.4, 0.5) is 0 Å². The second kappa shape index (κ2) is 10.4. The molecule has 2 aromatic carbocycles. The van der Waals surface area contributed by atoms with Crippen LogP contribution in [0, 0.1) is 0 Å². The summed E-state index contributed by atoms with van der Waals surface area (Å²) in [6.07, 6.45) is 1.25. The number of nitrogens with one attached hydrogen (secondary N) is 1. The lowest BCUT2D eigenvalue weighted by Gasteiger charge is -2.07. The largest absolute Gasteiger partial charge is 0.379 e. The molecule has 0 aliphatic carbocycles. The summed E-state index contributed by atoms with van der Waals surface area (Å²) in [5.74, 6) is 0. The van der Waals surface area contributed by atoms with Crippen LogP contribution in [0.2, 0.25) is 5.02 Å². The quantitative estimate of drug-likeness (QED) is 0.509. The molecule has 148 valence electrons. The fraction of sp³-hybridized carbons (Fsp3) is 0.364. The van der Waals surface area contributed by atoms with Gasteiger partial charge in [-0.1, -0.05) is 54.1 Å². The monoisotopic (exact) mass is 398 g/mol. The van der Waals surface area contributed by atoms with E-state index in [-0.39, 0.29) is 6.10 Å². The van der Waals surface area contributed by atoms with Gasteiger partial charge in [0.15, 0.2) is 0 Å². The molecule has 0 amide bonds. The maximum atomic E-state index is 5.98. The van der Waals surface area contributed by atoms with Crippen LogP contribution >= 0.6 is 11.6 Å². The number of hydrogen-bond donors (Lipinski definition) is 1. The number of benzene rings is 2. The van der Waals surface area contributed by atoms with Gasteiger partial charge in [0.25, 0.3) is 0 Å². The average molecular weight is 399 g/mol. The molecular formula is C22H27ClN4O. The van der Waals surface area contributed by atoms with Crippen LogP contribution in [-0.4, -0.2) is 34.2 Å². The second-order valence-corrected chi connectivity index (χ2v) is 7.40. The molecule has 0 aliphatic heterocycles. The lowest BCUT2D eigenvalue weighted by Crippen LogP contribution is -2.18. The van der Waals surface area contributed by atoms with Crippen molar-refractivity contribution in [2.24, 2.45) is 0 Å². The van der Waals surface area contributed by atoms with E-state index in [2.05, 4.69) is 31.3 Å². The predicted octanol–water partition coefficient (Wildman–Crippen LogP) is 4.55. The topological polar surface area (TPSA) is 52.0 Å². The molecule has 0 spiro atoms. The van der Waals surface area contributed by atoms with Gasteiger partial charge in [-0.05, 0) is 44.5 Å². The van der Waals surface area contributed by atoms with Gasteiger partial charge in [-0.15, -0.1) is 0 Å². The standard InChI is InChI=1S/C22H27ClN4O/c1-17(2)28-14-6-13-24-15-21-22(19-7-4-3-5-8-19)26-27(25-21)16-18-9-11-20(23)12-10-18/h3-5,7-12,17,24H,6,13-16H2,1-2H3. The van der Waals surface area contributed by atoms with Gasteiger partial charge < -0.3 is 10.1 Å². The van der Waals surface area contributed by atoms with E-state index in [0.717, 1.165) is 47.1 Å². The Hall–Kier alpha value is -2.21. The maximum absolute atomic E-state index is 5.98. The van der Waals surface area contributed by atoms with Crippen LogP contribution < -0.4 is 5.32 Å². The van der Waals surface area contributed by atoms with E-state index < -0.39 is 0 Å². The molecule has 0 atom stereocenters. The molecule has 28 heavy (non-hydrogen) atoms. The highest BCUT2D eigenvalue weighted by atomic mass is 35.5. The lowest BCUT2D eigenvalue weighted by atomic mass is 10.1. The van der Waals surface area contributed by atoms with E-state index >= 15 is 0 Å². The number of hydrogen-bond acceptors (Lipinski definition) is 4. The van der Waals surface area contributed by atoms with E-state index in [1.807, 2.05) is 42.5 Å². The molecule has 0 bridgehead atoms. The van der Waals surface area contributed by atoms with E-state index in [4.69, 9.17) is 26.5 Å². The van der Waals surface area contributed by atoms with E-state index in [1.165, 1.54) is 0 Å². The second-order valence-electron chi connectivity index (χ2n) is 6.97. The van der Waals surface area contributed by atoms with Gasteiger partial charge in [-0.25, -0.2) is 0 Å². The SMILES string of the molecule is CC(C)OCCCNCc1nn(Cc2ccc(Cl)cc2)nc1-c1ccccc1. The highest BCUT2D eigenvalue weighted by molar-refractivity contribution is 6.30. The Labute approximate surface area is 171 Å². The highest BCUT2D eigenvalue weighted by Crippen LogP contribution is 2.20. The third-order valence-electron chi connectivity index (χ3n) is 4.25. The zero-order chi connectivity index (χ0) is 19.8. The summed E-state index contributed by atoms with van der Waals surface area (Å²) in [6.45, 7) is 7.04. The highest BCUT2D eigenvalue weighted by Gasteiger charge is 2.13. The zero-order valence-electron chi connectivity index (χ0n) is 16.4. The smallest absolute Gasteiger partial charge is 0.117 e. The Bertz CT molecular complexity index is 847. The van der Waals surface area contributed by atoms with Gasteiger partial charge in [0.05, 0.1) is 12.6 Å². The number of nitrogens with zero attached hydrogens (tertiary/aromatic N) is 3. The summed E-state index contributed by atoms with van der Waals surface area (Å²) in [4.78, 5) is 1.75.